The van der Waals surface area contributed by atoms with E-state index in [1.165, 1.54) is 5.57 Å². The van der Waals surface area contributed by atoms with Crippen LogP contribution in [0, 0.1) is 0 Å². The lowest BCUT2D eigenvalue weighted by Gasteiger charge is -2.10. The Hall–Kier alpha value is -0.560. The van der Waals surface area contributed by atoms with Crippen molar-refractivity contribution < 1.29 is 5.11 Å². The molecule has 0 radical (unpaired) electrons. The largest absolute Gasteiger partial charge is 0.389 e. The molecule has 0 heterocycles. The molecule has 0 saturated heterocycles. The Balaban J connectivity index is 2.45. The van der Waals surface area contributed by atoms with Gasteiger partial charge in [0.05, 0.1) is 6.10 Å². The zero-order valence-electron chi connectivity index (χ0n) is 6.21. The monoisotopic (exact) mass is 138 g/mol. The van der Waals surface area contributed by atoms with Crippen LogP contribution in [0.4, 0.5) is 0 Å². The minimum Gasteiger partial charge on any atom is -0.389 e. The third-order valence-corrected chi connectivity index (χ3v) is 1.82. The molecule has 1 unspecified atom stereocenters. The van der Waals surface area contributed by atoms with Crippen LogP contribution in [-0.2, 0) is 0 Å². The van der Waals surface area contributed by atoms with Gasteiger partial charge in [-0.05, 0) is 25.7 Å². The van der Waals surface area contributed by atoms with E-state index in [4.69, 9.17) is 0 Å². The van der Waals surface area contributed by atoms with Crippen LogP contribution in [0.25, 0.3) is 0 Å². The third-order valence-electron chi connectivity index (χ3n) is 1.82. The summed E-state index contributed by atoms with van der Waals surface area (Å²) in [7, 11) is 0. The zero-order valence-corrected chi connectivity index (χ0v) is 6.21. The number of aliphatic hydroxyl groups excluding tert-OH is 1. The Labute approximate surface area is 62.1 Å². The normalized spacial score (nSPS) is 30.9. The van der Waals surface area contributed by atoms with E-state index in [0.29, 0.717) is 0 Å². The predicted octanol–water partition coefficient (Wildman–Crippen LogP) is 2.03. The zero-order chi connectivity index (χ0) is 7.40. The lowest BCUT2D eigenvalue weighted by molar-refractivity contribution is 0.211. The van der Waals surface area contributed by atoms with Crippen LogP contribution < -0.4 is 0 Å². The first-order chi connectivity index (χ1) is 4.79. The molecule has 0 amide bonds. The Morgan fingerprint density at radius 1 is 1.50 bits per heavy atom. The number of rotatable bonds is 0. The first-order valence-electron chi connectivity index (χ1n) is 3.80. The highest BCUT2D eigenvalue weighted by Crippen LogP contribution is 2.15. The molecular weight excluding hydrogens is 124 g/mol. The molecule has 1 aliphatic carbocycles. The van der Waals surface area contributed by atoms with Crippen molar-refractivity contribution in [1.82, 2.24) is 0 Å². The van der Waals surface area contributed by atoms with E-state index in [1.807, 2.05) is 12.2 Å². The third kappa shape index (κ3) is 2.36. The molecule has 0 aromatic rings. The van der Waals surface area contributed by atoms with E-state index >= 15 is 0 Å². The molecule has 1 rings (SSSR count). The summed E-state index contributed by atoms with van der Waals surface area (Å²) < 4.78 is 0. The molecule has 0 bridgehead atoms. The Morgan fingerprint density at radius 3 is 3.10 bits per heavy atom. The molecule has 1 nitrogen and oxygen atoms in total. The van der Waals surface area contributed by atoms with Crippen LogP contribution in [0.2, 0.25) is 0 Å². The topological polar surface area (TPSA) is 20.2 Å². The maximum Gasteiger partial charge on any atom is 0.0724 e. The molecule has 0 saturated carbocycles. The predicted molar refractivity (Wildman–Crippen MR) is 42.8 cm³/mol. The summed E-state index contributed by atoms with van der Waals surface area (Å²) in [5.74, 6) is 0. The van der Waals surface area contributed by atoms with Crippen molar-refractivity contribution >= 4 is 0 Å². The van der Waals surface area contributed by atoms with Gasteiger partial charge < -0.3 is 5.11 Å². The van der Waals surface area contributed by atoms with Gasteiger partial charge in [-0.15, -0.1) is 0 Å². The lowest BCUT2D eigenvalue weighted by atomic mass is 10.0. The van der Waals surface area contributed by atoms with E-state index < -0.39 is 0 Å². The fourth-order valence-electron chi connectivity index (χ4n) is 1.11. The summed E-state index contributed by atoms with van der Waals surface area (Å²) in [5.41, 5.74) is 1.27. The second-order valence-electron chi connectivity index (χ2n) is 2.82. The van der Waals surface area contributed by atoms with Crippen molar-refractivity contribution in [3.05, 3.63) is 24.3 Å². The van der Waals surface area contributed by atoms with Crippen LogP contribution in [0.15, 0.2) is 24.3 Å². The van der Waals surface area contributed by atoms with Crippen molar-refractivity contribution in [3.8, 4) is 0 Å². The molecule has 1 heteroatoms. The van der Waals surface area contributed by atoms with Crippen molar-refractivity contribution in [2.24, 2.45) is 0 Å². The summed E-state index contributed by atoms with van der Waals surface area (Å²) in [6.45, 7) is 3.91. The highest BCUT2D eigenvalue weighted by atomic mass is 16.3. The van der Waals surface area contributed by atoms with E-state index in [-0.39, 0.29) is 6.10 Å². The van der Waals surface area contributed by atoms with Gasteiger partial charge in [0.1, 0.15) is 0 Å². The van der Waals surface area contributed by atoms with Crippen LogP contribution in [0.5, 0.6) is 0 Å². The molecule has 56 valence electrons. The van der Waals surface area contributed by atoms with Gasteiger partial charge in [-0.2, -0.15) is 0 Å². The highest BCUT2D eigenvalue weighted by molar-refractivity contribution is 5.02. The minimum atomic E-state index is -0.239. The molecule has 0 fully saturated rings. The molecular formula is C9H14O. The average Bonchev–Trinajstić information content (AvgIpc) is 1.90. The second-order valence-corrected chi connectivity index (χ2v) is 2.82. The van der Waals surface area contributed by atoms with Gasteiger partial charge in [0.25, 0.3) is 0 Å². The number of allylic oxidation sites excluding steroid dienone is 2. The molecule has 1 N–H and O–H groups in total. The van der Waals surface area contributed by atoms with Crippen LogP contribution in [0.1, 0.15) is 25.7 Å². The fraction of sp³-hybridized carbons (Fsp3) is 0.556. The Morgan fingerprint density at radius 2 is 2.30 bits per heavy atom. The first-order valence-corrected chi connectivity index (χ1v) is 3.80. The van der Waals surface area contributed by atoms with Crippen molar-refractivity contribution in [1.29, 1.82) is 0 Å². The van der Waals surface area contributed by atoms with Crippen molar-refractivity contribution in [3.63, 3.8) is 0 Å². The lowest BCUT2D eigenvalue weighted by Crippen LogP contribution is -2.03. The van der Waals surface area contributed by atoms with Gasteiger partial charge in [0.2, 0.25) is 0 Å². The van der Waals surface area contributed by atoms with E-state index in [2.05, 4.69) is 6.58 Å². The van der Waals surface area contributed by atoms with Gasteiger partial charge in [-0.25, -0.2) is 0 Å². The molecule has 0 aromatic heterocycles. The van der Waals surface area contributed by atoms with Gasteiger partial charge in [-0.1, -0.05) is 24.3 Å². The van der Waals surface area contributed by atoms with Crippen LogP contribution >= 0.6 is 0 Å². The molecule has 0 aliphatic heterocycles. The maximum atomic E-state index is 9.20. The SMILES string of the molecule is C=C1CC/C=C\C(O)CC1. The van der Waals surface area contributed by atoms with Crippen molar-refractivity contribution in [2.45, 2.75) is 31.8 Å². The van der Waals surface area contributed by atoms with E-state index in [0.717, 1.165) is 25.7 Å². The first kappa shape index (κ1) is 7.55. The smallest absolute Gasteiger partial charge is 0.0724 e. The van der Waals surface area contributed by atoms with Gasteiger partial charge in [0, 0.05) is 0 Å². The highest BCUT2D eigenvalue weighted by Gasteiger charge is 2.03. The van der Waals surface area contributed by atoms with E-state index in [9.17, 15) is 5.11 Å². The fourth-order valence-corrected chi connectivity index (χ4v) is 1.11. The summed E-state index contributed by atoms with van der Waals surface area (Å²) in [4.78, 5) is 0. The van der Waals surface area contributed by atoms with Gasteiger partial charge in [-0.3, -0.25) is 0 Å². The maximum absolute atomic E-state index is 9.20. The number of aliphatic hydroxyl groups is 1. The molecule has 10 heavy (non-hydrogen) atoms. The van der Waals surface area contributed by atoms with Gasteiger partial charge >= 0.3 is 0 Å². The molecule has 0 spiro atoms. The quantitative estimate of drug-likeness (QED) is 0.508. The van der Waals surface area contributed by atoms with Crippen LogP contribution in [0.3, 0.4) is 0 Å². The van der Waals surface area contributed by atoms with Crippen LogP contribution in [-0.4, -0.2) is 11.2 Å². The minimum absolute atomic E-state index is 0.239. The Kier molecular flexibility index (Phi) is 2.69. The molecule has 1 aliphatic rings. The number of hydrogen-bond donors (Lipinski definition) is 1. The summed E-state index contributed by atoms with van der Waals surface area (Å²) in [5, 5.41) is 9.20. The standard InChI is InChI=1S/C9H14O/c1-8-4-2-3-5-9(10)7-6-8/h3,5,9-10H,1-2,4,6-7H2/b5-3-. The molecule has 0 aromatic carbocycles. The Bertz CT molecular complexity index is 147. The summed E-state index contributed by atoms with van der Waals surface area (Å²) >= 11 is 0. The summed E-state index contributed by atoms with van der Waals surface area (Å²) in [6.07, 6.45) is 7.62. The summed E-state index contributed by atoms with van der Waals surface area (Å²) in [6, 6.07) is 0. The van der Waals surface area contributed by atoms with Crippen molar-refractivity contribution in [2.75, 3.05) is 0 Å². The van der Waals surface area contributed by atoms with E-state index in [1.54, 1.807) is 0 Å². The average molecular weight is 138 g/mol. The number of hydrogen-bond acceptors (Lipinski definition) is 1. The molecule has 1 atom stereocenters. The van der Waals surface area contributed by atoms with Gasteiger partial charge in [0.15, 0.2) is 0 Å². The second kappa shape index (κ2) is 3.57.